The molecule has 3 rings (SSSR count). The number of halogens is 3. The lowest BCUT2D eigenvalue weighted by molar-refractivity contribution is -0.149. The molecule has 2 heterocycles. The van der Waals surface area contributed by atoms with Gasteiger partial charge in [0.15, 0.2) is 0 Å². The minimum absolute atomic E-state index is 0. The van der Waals surface area contributed by atoms with Gasteiger partial charge in [-0.15, -0.1) is 24.8 Å². The van der Waals surface area contributed by atoms with Crippen LogP contribution in [0.4, 0.5) is 0 Å². The molecule has 1 N–H and O–H groups in total. The van der Waals surface area contributed by atoms with E-state index in [2.05, 4.69) is 10.2 Å². The van der Waals surface area contributed by atoms with Gasteiger partial charge in [0.1, 0.15) is 5.75 Å². The topological polar surface area (TPSA) is 54.0 Å². The number of rotatable bonds is 6. The van der Waals surface area contributed by atoms with Crippen LogP contribution in [-0.2, 0) is 16.1 Å². The molecule has 0 bridgehead atoms. The van der Waals surface area contributed by atoms with Crippen molar-refractivity contribution in [1.82, 2.24) is 15.1 Å². The quantitative estimate of drug-likeness (QED) is 0.696. The standard InChI is InChI=1S/C20H30ClN3O3.2ClH/c1-26-15-20(5-7-22-8-6-20)19(25)24-11-9-23(10-12-24)14-16-13-17(21)3-4-18(16)27-2;;/h3-4,13,22H,5-12,14-15H2,1-2H3;2*1H. The Balaban J connectivity index is 0.00000210. The van der Waals surface area contributed by atoms with Gasteiger partial charge in [0.25, 0.3) is 0 Å². The Hall–Kier alpha value is -0.760. The molecule has 2 saturated heterocycles. The summed E-state index contributed by atoms with van der Waals surface area (Å²) >= 11 is 6.14. The maximum atomic E-state index is 13.2. The first-order valence-electron chi connectivity index (χ1n) is 9.62. The smallest absolute Gasteiger partial charge is 0.231 e. The minimum atomic E-state index is -0.363. The fraction of sp³-hybridized carbons (Fsp3) is 0.650. The molecule has 9 heteroatoms. The molecule has 0 radical (unpaired) electrons. The number of carbonyl (C=O) groups excluding carboxylic acids is 1. The van der Waals surface area contributed by atoms with E-state index in [4.69, 9.17) is 21.1 Å². The number of piperazine rings is 1. The van der Waals surface area contributed by atoms with Crippen molar-refractivity contribution < 1.29 is 14.3 Å². The highest BCUT2D eigenvalue weighted by molar-refractivity contribution is 6.30. The molecule has 29 heavy (non-hydrogen) atoms. The van der Waals surface area contributed by atoms with E-state index in [1.54, 1.807) is 14.2 Å². The van der Waals surface area contributed by atoms with Crippen LogP contribution < -0.4 is 10.1 Å². The zero-order chi connectivity index (χ0) is 19.3. The molecule has 2 fully saturated rings. The van der Waals surface area contributed by atoms with Crippen molar-refractivity contribution in [3.05, 3.63) is 28.8 Å². The van der Waals surface area contributed by atoms with Crippen molar-refractivity contribution in [3.8, 4) is 5.75 Å². The molecule has 0 saturated carbocycles. The highest BCUT2D eigenvalue weighted by atomic mass is 35.5. The summed E-state index contributed by atoms with van der Waals surface area (Å²) < 4.78 is 10.9. The van der Waals surface area contributed by atoms with Crippen LogP contribution in [0, 0.1) is 5.41 Å². The van der Waals surface area contributed by atoms with Gasteiger partial charge in [0, 0.05) is 50.4 Å². The number of methoxy groups -OCH3 is 2. The monoisotopic (exact) mass is 467 g/mol. The predicted octanol–water partition coefficient (Wildman–Crippen LogP) is 2.85. The molecule has 1 aromatic rings. The number of carbonyl (C=O) groups is 1. The average molecular weight is 469 g/mol. The molecular formula is C20H32Cl3N3O3. The lowest BCUT2D eigenvalue weighted by atomic mass is 9.78. The van der Waals surface area contributed by atoms with Gasteiger partial charge in [0.2, 0.25) is 5.91 Å². The van der Waals surface area contributed by atoms with E-state index < -0.39 is 0 Å². The fourth-order valence-corrected chi connectivity index (χ4v) is 4.35. The summed E-state index contributed by atoms with van der Waals surface area (Å²) in [7, 11) is 3.37. The summed E-state index contributed by atoms with van der Waals surface area (Å²) in [6.07, 6.45) is 1.69. The van der Waals surface area contributed by atoms with Crippen LogP contribution in [0.15, 0.2) is 18.2 Å². The number of hydrogen-bond acceptors (Lipinski definition) is 5. The second kappa shape index (κ2) is 12.2. The number of ether oxygens (including phenoxy) is 2. The summed E-state index contributed by atoms with van der Waals surface area (Å²) in [6.45, 7) is 6.24. The molecule has 1 aromatic carbocycles. The molecule has 0 aliphatic carbocycles. The highest BCUT2D eigenvalue weighted by Crippen LogP contribution is 2.32. The Labute approximate surface area is 191 Å². The lowest BCUT2D eigenvalue weighted by Gasteiger charge is -2.42. The van der Waals surface area contributed by atoms with Crippen molar-refractivity contribution >= 4 is 42.3 Å². The van der Waals surface area contributed by atoms with Crippen LogP contribution in [0.25, 0.3) is 0 Å². The zero-order valence-corrected chi connectivity index (χ0v) is 19.5. The number of nitrogens with zero attached hydrogens (tertiary/aromatic N) is 2. The summed E-state index contributed by atoms with van der Waals surface area (Å²) in [6, 6.07) is 5.71. The molecule has 0 spiro atoms. The zero-order valence-electron chi connectivity index (χ0n) is 17.1. The number of amides is 1. The lowest BCUT2D eigenvalue weighted by Crippen LogP contribution is -2.56. The van der Waals surface area contributed by atoms with E-state index in [-0.39, 0.29) is 36.1 Å². The van der Waals surface area contributed by atoms with E-state index in [1.165, 1.54) is 0 Å². The van der Waals surface area contributed by atoms with Crippen LogP contribution in [0.5, 0.6) is 5.75 Å². The SMILES string of the molecule is COCC1(C(=O)N2CCN(Cc3cc(Cl)ccc3OC)CC2)CCNCC1.Cl.Cl. The van der Waals surface area contributed by atoms with Crippen molar-refractivity contribution in [2.45, 2.75) is 19.4 Å². The van der Waals surface area contributed by atoms with E-state index in [0.29, 0.717) is 11.6 Å². The van der Waals surface area contributed by atoms with Crippen molar-refractivity contribution in [2.24, 2.45) is 5.41 Å². The van der Waals surface area contributed by atoms with Crippen molar-refractivity contribution in [2.75, 3.05) is 60.1 Å². The summed E-state index contributed by atoms with van der Waals surface area (Å²) in [5, 5.41) is 4.06. The fourth-order valence-electron chi connectivity index (χ4n) is 4.16. The maximum Gasteiger partial charge on any atom is 0.231 e. The van der Waals surface area contributed by atoms with Gasteiger partial charge in [-0.2, -0.15) is 0 Å². The highest BCUT2D eigenvalue weighted by Gasteiger charge is 2.42. The summed E-state index contributed by atoms with van der Waals surface area (Å²) in [5.74, 6) is 1.11. The molecule has 2 aliphatic heterocycles. The van der Waals surface area contributed by atoms with E-state index in [9.17, 15) is 4.79 Å². The number of nitrogens with one attached hydrogen (secondary N) is 1. The summed E-state index contributed by atoms with van der Waals surface area (Å²) in [5.41, 5.74) is 0.720. The van der Waals surface area contributed by atoms with Crippen LogP contribution >= 0.6 is 36.4 Å². The van der Waals surface area contributed by atoms with E-state index in [1.807, 2.05) is 23.1 Å². The Bertz CT molecular complexity index is 644. The normalized spacial score (nSPS) is 19.1. The van der Waals surface area contributed by atoms with Crippen LogP contribution in [0.2, 0.25) is 5.02 Å². The summed E-state index contributed by atoms with van der Waals surface area (Å²) in [4.78, 5) is 17.6. The van der Waals surface area contributed by atoms with Gasteiger partial charge >= 0.3 is 0 Å². The van der Waals surface area contributed by atoms with Gasteiger partial charge < -0.3 is 19.7 Å². The number of hydrogen-bond donors (Lipinski definition) is 1. The predicted molar refractivity (Wildman–Crippen MR) is 121 cm³/mol. The Morgan fingerprint density at radius 2 is 1.79 bits per heavy atom. The minimum Gasteiger partial charge on any atom is -0.496 e. The molecule has 2 aliphatic rings. The van der Waals surface area contributed by atoms with Gasteiger partial charge in [-0.3, -0.25) is 9.69 Å². The molecule has 0 unspecified atom stereocenters. The van der Waals surface area contributed by atoms with Crippen molar-refractivity contribution in [1.29, 1.82) is 0 Å². The van der Waals surface area contributed by atoms with Crippen LogP contribution in [0.1, 0.15) is 18.4 Å². The first kappa shape index (κ1) is 26.3. The van der Waals surface area contributed by atoms with Gasteiger partial charge in [-0.25, -0.2) is 0 Å². The molecule has 6 nitrogen and oxygen atoms in total. The third kappa shape index (κ3) is 6.36. The third-order valence-electron chi connectivity index (χ3n) is 5.73. The Morgan fingerprint density at radius 3 is 2.38 bits per heavy atom. The van der Waals surface area contributed by atoms with Crippen LogP contribution in [-0.4, -0.2) is 75.8 Å². The van der Waals surface area contributed by atoms with Gasteiger partial charge in [-0.05, 0) is 44.1 Å². The molecule has 0 aromatic heterocycles. The Kier molecular flexibility index (Phi) is 11.0. The molecule has 166 valence electrons. The first-order valence-corrected chi connectivity index (χ1v) is 9.99. The average Bonchev–Trinajstić information content (AvgIpc) is 2.69. The number of piperidine rings is 1. The van der Waals surface area contributed by atoms with E-state index >= 15 is 0 Å². The van der Waals surface area contributed by atoms with Gasteiger partial charge in [-0.1, -0.05) is 11.6 Å². The second-order valence-corrected chi connectivity index (χ2v) is 7.92. The molecule has 0 atom stereocenters. The third-order valence-corrected chi connectivity index (χ3v) is 5.97. The van der Waals surface area contributed by atoms with E-state index in [0.717, 1.165) is 70.0 Å². The van der Waals surface area contributed by atoms with Crippen LogP contribution in [0.3, 0.4) is 0 Å². The van der Waals surface area contributed by atoms with Crippen molar-refractivity contribution in [3.63, 3.8) is 0 Å². The second-order valence-electron chi connectivity index (χ2n) is 7.49. The first-order chi connectivity index (χ1) is 13.1. The molecule has 1 amide bonds. The Morgan fingerprint density at radius 1 is 1.14 bits per heavy atom. The molecular weight excluding hydrogens is 437 g/mol. The largest absolute Gasteiger partial charge is 0.496 e. The van der Waals surface area contributed by atoms with Gasteiger partial charge in [0.05, 0.1) is 19.1 Å². The maximum absolute atomic E-state index is 13.2. The number of benzene rings is 1.